The van der Waals surface area contributed by atoms with Crippen molar-refractivity contribution in [2.75, 3.05) is 13.2 Å². The number of alkyl carbamates (subject to hydrolysis) is 1. The highest BCUT2D eigenvalue weighted by atomic mass is 16.5. The summed E-state index contributed by atoms with van der Waals surface area (Å²) in [7, 11) is 0. The minimum Gasteiger partial charge on any atom is -0.481 e. The van der Waals surface area contributed by atoms with Gasteiger partial charge in [-0.25, -0.2) is 4.79 Å². The second kappa shape index (κ2) is 10.1. The maximum atomic E-state index is 12.6. The Morgan fingerprint density at radius 3 is 2.27 bits per heavy atom. The lowest BCUT2D eigenvalue weighted by Crippen LogP contribution is -2.40. The first-order valence-electron chi connectivity index (χ1n) is 11.6. The predicted molar refractivity (Wildman–Crippen MR) is 124 cm³/mol. The fraction of sp³-hybridized carbons (Fsp3) is 0.423. The second-order valence-electron chi connectivity index (χ2n) is 8.90. The highest BCUT2D eigenvalue weighted by Gasteiger charge is 2.43. The quantitative estimate of drug-likeness (QED) is 0.509. The zero-order valence-electron chi connectivity index (χ0n) is 18.8. The van der Waals surface area contributed by atoms with Gasteiger partial charge in [-0.3, -0.25) is 9.59 Å². The number of carboxylic acids is 1. The van der Waals surface area contributed by atoms with Crippen molar-refractivity contribution >= 4 is 18.0 Å². The van der Waals surface area contributed by atoms with Crippen LogP contribution in [-0.4, -0.2) is 42.3 Å². The third-order valence-electron chi connectivity index (χ3n) is 6.54. The van der Waals surface area contributed by atoms with E-state index in [1.807, 2.05) is 31.2 Å². The van der Waals surface area contributed by atoms with E-state index in [0.717, 1.165) is 17.5 Å². The van der Waals surface area contributed by atoms with Crippen molar-refractivity contribution < 1.29 is 24.2 Å². The maximum Gasteiger partial charge on any atom is 0.407 e. The summed E-state index contributed by atoms with van der Waals surface area (Å²) in [5, 5.41) is 14.6. The van der Waals surface area contributed by atoms with Crippen LogP contribution in [0, 0.1) is 11.8 Å². The summed E-state index contributed by atoms with van der Waals surface area (Å²) in [4.78, 5) is 35.8. The van der Waals surface area contributed by atoms with Crippen molar-refractivity contribution in [1.29, 1.82) is 0 Å². The van der Waals surface area contributed by atoms with E-state index >= 15 is 0 Å². The third-order valence-corrected chi connectivity index (χ3v) is 6.54. The number of hydrogen-bond acceptors (Lipinski definition) is 4. The van der Waals surface area contributed by atoms with Gasteiger partial charge in [-0.1, -0.05) is 61.9 Å². The van der Waals surface area contributed by atoms with Gasteiger partial charge in [0.1, 0.15) is 6.61 Å². The Kier molecular flexibility index (Phi) is 6.96. The zero-order chi connectivity index (χ0) is 23.4. The average Bonchev–Trinajstić information content (AvgIpc) is 3.52. The summed E-state index contributed by atoms with van der Waals surface area (Å²) >= 11 is 0. The number of amides is 2. The number of carbonyl (C=O) groups excluding carboxylic acids is 2. The second-order valence-corrected chi connectivity index (χ2v) is 8.90. The summed E-state index contributed by atoms with van der Waals surface area (Å²) in [6.07, 6.45) is 1.68. The molecular weight excluding hydrogens is 420 g/mol. The summed E-state index contributed by atoms with van der Waals surface area (Å²) in [6.45, 7) is 2.58. The Bertz CT molecular complexity index is 991. The number of carbonyl (C=O) groups is 3. The van der Waals surface area contributed by atoms with Crippen LogP contribution in [0.1, 0.15) is 49.7 Å². The van der Waals surface area contributed by atoms with Crippen LogP contribution in [0.2, 0.25) is 0 Å². The molecule has 0 saturated heterocycles. The molecular formula is C26H30N2O5. The molecule has 2 aromatic carbocycles. The van der Waals surface area contributed by atoms with E-state index in [4.69, 9.17) is 9.84 Å². The number of nitrogens with one attached hydrogen (secondary N) is 2. The zero-order valence-corrected chi connectivity index (χ0v) is 18.8. The van der Waals surface area contributed by atoms with E-state index < -0.39 is 12.1 Å². The van der Waals surface area contributed by atoms with Crippen LogP contribution in [0.4, 0.5) is 4.79 Å². The number of hydrogen-bond donors (Lipinski definition) is 3. The lowest BCUT2D eigenvalue weighted by molar-refractivity contribution is -0.139. The van der Waals surface area contributed by atoms with Crippen LogP contribution in [0.25, 0.3) is 11.1 Å². The number of fused-ring (bicyclic) bond motifs is 3. The SMILES string of the molecule is CCC[C@H](CC(=O)NC[C@H]1C[C@H]1C(=O)O)NC(=O)OCC1c2ccccc2-c2ccccc21. The first kappa shape index (κ1) is 22.8. The molecule has 174 valence electrons. The van der Waals surface area contributed by atoms with Gasteiger partial charge in [0, 0.05) is 24.9 Å². The molecule has 1 saturated carbocycles. The van der Waals surface area contributed by atoms with Gasteiger partial charge < -0.3 is 20.5 Å². The van der Waals surface area contributed by atoms with E-state index in [0.29, 0.717) is 19.4 Å². The van der Waals surface area contributed by atoms with Crippen LogP contribution in [0.5, 0.6) is 0 Å². The topological polar surface area (TPSA) is 105 Å². The van der Waals surface area contributed by atoms with E-state index in [1.54, 1.807) is 0 Å². The molecule has 0 aromatic heterocycles. The molecule has 3 atom stereocenters. The highest BCUT2D eigenvalue weighted by molar-refractivity contribution is 5.80. The molecule has 2 aliphatic carbocycles. The van der Waals surface area contributed by atoms with Crippen molar-refractivity contribution in [2.45, 2.75) is 44.6 Å². The summed E-state index contributed by atoms with van der Waals surface area (Å²) in [6, 6.07) is 16.0. The fourth-order valence-electron chi connectivity index (χ4n) is 4.70. The number of aliphatic carboxylic acids is 1. The van der Waals surface area contributed by atoms with E-state index in [2.05, 4.69) is 34.9 Å². The average molecular weight is 451 g/mol. The fourth-order valence-corrected chi connectivity index (χ4v) is 4.70. The van der Waals surface area contributed by atoms with Gasteiger partial charge in [0.2, 0.25) is 5.91 Å². The normalized spacial score (nSPS) is 19.2. The van der Waals surface area contributed by atoms with Gasteiger partial charge in [-0.05, 0) is 41.0 Å². The third kappa shape index (κ3) is 5.35. The molecule has 2 amide bonds. The predicted octanol–water partition coefficient (Wildman–Crippen LogP) is 3.92. The van der Waals surface area contributed by atoms with Crippen LogP contribution in [0.15, 0.2) is 48.5 Å². The minimum atomic E-state index is -0.810. The standard InChI is InChI=1S/C26H30N2O5/c1-2-7-17(13-24(29)27-14-16-12-22(16)25(30)31)28-26(32)33-15-23-20-10-5-3-8-18(20)19-9-4-6-11-21(19)23/h3-6,8-11,16-17,22-23H,2,7,12-15H2,1H3,(H,27,29)(H,28,32)(H,30,31)/t16-,17-,22-/m1/s1. The van der Waals surface area contributed by atoms with Crippen LogP contribution in [0.3, 0.4) is 0 Å². The van der Waals surface area contributed by atoms with Crippen molar-refractivity contribution in [3.05, 3.63) is 59.7 Å². The van der Waals surface area contributed by atoms with Gasteiger partial charge in [0.25, 0.3) is 0 Å². The van der Waals surface area contributed by atoms with Crippen LogP contribution >= 0.6 is 0 Å². The smallest absolute Gasteiger partial charge is 0.407 e. The molecule has 0 aliphatic heterocycles. The lowest BCUT2D eigenvalue weighted by Gasteiger charge is -2.19. The van der Waals surface area contributed by atoms with Gasteiger partial charge in [0.05, 0.1) is 5.92 Å². The lowest BCUT2D eigenvalue weighted by atomic mass is 9.98. The van der Waals surface area contributed by atoms with Gasteiger partial charge in [0.15, 0.2) is 0 Å². The van der Waals surface area contributed by atoms with Crippen molar-refractivity contribution in [3.8, 4) is 11.1 Å². The van der Waals surface area contributed by atoms with Crippen molar-refractivity contribution in [3.63, 3.8) is 0 Å². The highest BCUT2D eigenvalue weighted by Crippen LogP contribution is 2.44. The van der Waals surface area contributed by atoms with Crippen molar-refractivity contribution in [2.24, 2.45) is 11.8 Å². The molecule has 2 aliphatic rings. The minimum absolute atomic E-state index is 0.00571. The molecule has 3 N–H and O–H groups in total. The van der Waals surface area contributed by atoms with Crippen LogP contribution < -0.4 is 10.6 Å². The summed E-state index contributed by atoms with van der Waals surface area (Å²) in [5.74, 6) is -1.36. The van der Waals surface area contributed by atoms with Crippen molar-refractivity contribution in [1.82, 2.24) is 10.6 Å². The first-order valence-corrected chi connectivity index (χ1v) is 11.6. The Balaban J connectivity index is 1.29. The Morgan fingerprint density at radius 1 is 1.06 bits per heavy atom. The molecule has 33 heavy (non-hydrogen) atoms. The first-order chi connectivity index (χ1) is 16.0. The van der Waals surface area contributed by atoms with Gasteiger partial charge in [-0.2, -0.15) is 0 Å². The van der Waals surface area contributed by atoms with Crippen LogP contribution in [-0.2, 0) is 14.3 Å². The summed E-state index contributed by atoms with van der Waals surface area (Å²) in [5.41, 5.74) is 4.64. The Morgan fingerprint density at radius 2 is 1.70 bits per heavy atom. The molecule has 4 rings (SSSR count). The largest absolute Gasteiger partial charge is 0.481 e. The molecule has 0 bridgehead atoms. The molecule has 0 heterocycles. The monoisotopic (exact) mass is 450 g/mol. The number of ether oxygens (including phenoxy) is 1. The molecule has 0 unspecified atom stereocenters. The maximum absolute atomic E-state index is 12.6. The molecule has 1 fully saturated rings. The van der Waals surface area contributed by atoms with E-state index in [-0.39, 0.29) is 42.7 Å². The van der Waals surface area contributed by atoms with E-state index in [1.165, 1.54) is 11.1 Å². The molecule has 7 heteroatoms. The van der Waals surface area contributed by atoms with E-state index in [9.17, 15) is 14.4 Å². The number of carboxylic acid groups (broad SMARTS) is 1. The number of rotatable bonds is 10. The molecule has 0 spiro atoms. The Hall–Kier alpha value is -3.35. The molecule has 2 aromatic rings. The number of benzene rings is 2. The summed E-state index contributed by atoms with van der Waals surface area (Å²) < 4.78 is 5.60. The molecule has 7 nitrogen and oxygen atoms in total. The Labute approximate surface area is 193 Å². The van der Waals surface area contributed by atoms with Gasteiger partial charge in [-0.15, -0.1) is 0 Å². The molecule has 0 radical (unpaired) electrons. The van der Waals surface area contributed by atoms with Gasteiger partial charge >= 0.3 is 12.1 Å².